The van der Waals surface area contributed by atoms with E-state index in [4.69, 9.17) is 4.74 Å². The lowest BCUT2D eigenvalue weighted by atomic mass is 10.1. The topological polar surface area (TPSA) is 38.3 Å². The number of aryl methyl sites for hydroxylation is 1. The number of hydrogen-bond donors (Lipinski definition) is 1. The molecule has 0 bridgehead atoms. The van der Waals surface area contributed by atoms with Crippen molar-refractivity contribution in [3.05, 3.63) is 35.4 Å². The molecule has 0 unspecified atom stereocenters. The lowest BCUT2D eigenvalue weighted by Gasteiger charge is -2.06. The van der Waals surface area contributed by atoms with Gasteiger partial charge in [-0.3, -0.25) is 4.79 Å². The fraction of sp³-hybridized carbons (Fsp3) is 0.462. The number of hydrogen-bond acceptors (Lipinski definition) is 2. The van der Waals surface area contributed by atoms with Crippen LogP contribution in [-0.4, -0.2) is 31.0 Å². The van der Waals surface area contributed by atoms with Gasteiger partial charge in [0.25, 0.3) is 5.91 Å². The molecule has 0 atom stereocenters. The Morgan fingerprint density at radius 3 is 2.94 bits per heavy atom. The van der Waals surface area contributed by atoms with E-state index < -0.39 is 0 Å². The Balaban J connectivity index is 2.21. The monoisotopic (exact) mass is 299 g/mol. The second-order valence-corrected chi connectivity index (χ2v) is 4.57. The molecule has 1 aromatic carbocycles. The molecule has 4 heteroatoms. The van der Waals surface area contributed by atoms with Gasteiger partial charge >= 0.3 is 0 Å². The summed E-state index contributed by atoms with van der Waals surface area (Å²) < 4.78 is 5.29. The molecule has 0 saturated carbocycles. The molecule has 1 amide bonds. The molecule has 0 aromatic heterocycles. The fourth-order valence-electron chi connectivity index (χ4n) is 1.42. The smallest absolute Gasteiger partial charge is 0.251 e. The minimum atomic E-state index is -0.0193. The highest BCUT2D eigenvalue weighted by Gasteiger charge is 2.03. The first-order valence-electron chi connectivity index (χ1n) is 5.72. The first-order valence-corrected chi connectivity index (χ1v) is 6.85. The van der Waals surface area contributed by atoms with Crippen molar-refractivity contribution in [1.29, 1.82) is 0 Å². The van der Waals surface area contributed by atoms with Crippen LogP contribution in [0.5, 0.6) is 0 Å². The average Bonchev–Trinajstić information content (AvgIpc) is 2.33. The Hall–Kier alpha value is -0.870. The van der Waals surface area contributed by atoms with E-state index in [2.05, 4.69) is 21.2 Å². The molecular formula is C13H18BrNO2. The summed E-state index contributed by atoms with van der Waals surface area (Å²) in [6.45, 7) is 4.02. The van der Waals surface area contributed by atoms with Crippen LogP contribution in [0.3, 0.4) is 0 Å². The molecule has 0 aliphatic rings. The van der Waals surface area contributed by atoms with E-state index >= 15 is 0 Å². The molecule has 0 fully saturated rings. The van der Waals surface area contributed by atoms with Crippen molar-refractivity contribution in [1.82, 2.24) is 5.32 Å². The third-order valence-corrected chi connectivity index (χ3v) is 2.58. The van der Waals surface area contributed by atoms with E-state index in [9.17, 15) is 4.79 Å². The normalized spacial score (nSPS) is 10.2. The predicted octanol–water partition coefficient (Wildman–Crippen LogP) is 2.53. The second kappa shape index (κ2) is 8.25. The van der Waals surface area contributed by atoms with Gasteiger partial charge in [-0.05, 0) is 25.5 Å². The van der Waals surface area contributed by atoms with E-state index in [0.29, 0.717) is 25.3 Å². The van der Waals surface area contributed by atoms with Gasteiger partial charge in [0.15, 0.2) is 0 Å². The summed E-state index contributed by atoms with van der Waals surface area (Å²) in [5.74, 6) is -0.0193. The summed E-state index contributed by atoms with van der Waals surface area (Å²) in [5, 5.41) is 3.72. The number of benzene rings is 1. The summed E-state index contributed by atoms with van der Waals surface area (Å²) in [6, 6.07) is 7.58. The maximum atomic E-state index is 11.7. The van der Waals surface area contributed by atoms with Gasteiger partial charge in [-0.2, -0.15) is 0 Å². The van der Waals surface area contributed by atoms with E-state index in [0.717, 1.165) is 17.3 Å². The maximum Gasteiger partial charge on any atom is 0.251 e. The van der Waals surface area contributed by atoms with Gasteiger partial charge in [-0.15, -0.1) is 0 Å². The van der Waals surface area contributed by atoms with Crippen molar-refractivity contribution in [3.8, 4) is 0 Å². The third kappa shape index (κ3) is 5.84. The fourth-order valence-corrected chi connectivity index (χ4v) is 1.65. The van der Waals surface area contributed by atoms with E-state index in [1.165, 1.54) is 0 Å². The summed E-state index contributed by atoms with van der Waals surface area (Å²) >= 11 is 3.28. The number of ether oxygens (including phenoxy) is 1. The molecule has 0 aliphatic carbocycles. The van der Waals surface area contributed by atoms with Crippen molar-refractivity contribution in [2.75, 3.05) is 25.1 Å². The SMILES string of the molecule is Cc1cccc(C(=O)NCCCOCCBr)c1. The first-order chi connectivity index (χ1) is 8.24. The van der Waals surface area contributed by atoms with Crippen molar-refractivity contribution < 1.29 is 9.53 Å². The molecule has 94 valence electrons. The molecule has 1 N–H and O–H groups in total. The Labute approximate surface area is 111 Å². The zero-order valence-electron chi connectivity index (χ0n) is 10.0. The summed E-state index contributed by atoms with van der Waals surface area (Å²) in [5.41, 5.74) is 1.81. The molecule has 1 aromatic rings. The van der Waals surface area contributed by atoms with Crippen LogP contribution in [0.4, 0.5) is 0 Å². The number of rotatable bonds is 7. The van der Waals surface area contributed by atoms with Crippen LogP contribution in [0.2, 0.25) is 0 Å². The number of nitrogens with one attached hydrogen (secondary N) is 1. The maximum absolute atomic E-state index is 11.7. The van der Waals surface area contributed by atoms with Crippen LogP contribution in [-0.2, 0) is 4.74 Å². The van der Waals surface area contributed by atoms with Gasteiger partial charge < -0.3 is 10.1 Å². The van der Waals surface area contributed by atoms with Crippen LogP contribution in [0, 0.1) is 6.92 Å². The zero-order valence-corrected chi connectivity index (χ0v) is 11.6. The van der Waals surface area contributed by atoms with E-state index in [1.54, 1.807) is 0 Å². The minimum absolute atomic E-state index is 0.0193. The van der Waals surface area contributed by atoms with Gasteiger partial charge in [-0.25, -0.2) is 0 Å². The molecule has 0 saturated heterocycles. The summed E-state index contributed by atoms with van der Waals surface area (Å²) in [4.78, 5) is 11.7. The molecule has 0 aliphatic heterocycles. The Morgan fingerprint density at radius 1 is 1.41 bits per heavy atom. The number of amides is 1. The van der Waals surface area contributed by atoms with Crippen molar-refractivity contribution in [2.45, 2.75) is 13.3 Å². The van der Waals surface area contributed by atoms with Gasteiger partial charge in [0.05, 0.1) is 6.61 Å². The second-order valence-electron chi connectivity index (χ2n) is 3.78. The number of halogens is 1. The molecule has 0 radical (unpaired) electrons. The van der Waals surface area contributed by atoms with Gasteiger partial charge in [0, 0.05) is 24.0 Å². The van der Waals surface area contributed by atoms with Crippen LogP contribution >= 0.6 is 15.9 Å². The van der Waals surface area contributed by atoms with E-state index in [-0.39, 0.29) is 5.91 Å². The predicted molar refractivity (Wildman–Crippen MR) is 72.7 cm³/mol. The molecule has 17 heavy (non-hydrogen) atoms. The van der Waals surface area contributed by atoms with E-state index in [1.807, 2.05) is 31.2 Å². The summed E-state index contributed by atoms with van der Waals surface area (Å²) in [6.07, 6.45) is 0.838. The Kier molecular flexibility index (Phi) is 6.89. The first kappa shape index (κ1) is 14.2. The van der Waals surface area contributed by atoms with Crippen LogP contribution < -0.4 is 5.32 Å². The van der Waals surface area contributed by atoms with Crippen molar-refractivity contribution in [2.24, 2.45) is 0 Å². The average molecular weight is 300 g/mol. The molecule has 3 nitrogen and oxygen atoms in total. The lowest BCUT2D eigenvalue weighted by Crippen LogP contribution is -2.25. The quantitative estimate of drug-likeness (QED) is 0.621. The lowest BCUT2D eigenvalue weighted by molar-refractivity contribution is 0.0944. The molecule has 0 spiro atoms. The van der Waals surface area contributed by atoms with Crippen LogP contribution in [0.25, 0.3) is 0 Å². The standard InChI is InChI=1S/C13H18BrNO2/c1-11-4-2-5-12(10-11)13(16)15-7-3-8-17-9-6-14/h2,4-5,10H,3,6-9H2,1H3,(H,15,16). The van der Waals surface area contributed by atoms with Crippen LogP contribution in [0.15, 0.2) is 24.3 Å². The molecular weight excluding hydrogens is 282 g/mol. The Morgan fingerprint density at radius 2 is 2.24 bits per heavy atom. The zero-order chi connectivity index (χ0) is 12.5. The van der Waals surface area contributed by atoms with Crippen molar-refractivity contribution >= 4 is 21.8 Å². The number of carbonyl (C=O) groups is 1. The Bertz CT molecular complexity index is 355. The largest absolute Gasteiger partial charge is 0.381 e. The molecule has 1 rings (SSSR count). The van der Waals surface area contributed by atoms with Gasteiger partial charge in [0.2, 0.25) is 0 Å². The highest BCUT2D eigenvalue weighted by molar-refractivity contribution is 9.09. The van der Waals surface area contributed by atoms with Gasteiger partial charge in [-0.1, -0.05) is 33.6 Å². The highest BCUT2D eigenvalue weighted by atomic mass is 79.9. The number of carbonyl (C=O) groups excluding carboxylic acids is 1. The minimum Gasteiger partial charge on any atom is -0.381 e. The third-order valence-electron chi connectivity index (χ3n) is 2.25. The highest BCUT2D eigenvalue weighted by Crippen LogP contribution is 2.03. The summed E-state index contributed by atoms with van der Waals surface area (Å²) in [7, 11) is 0. The van der Waals surface area contributed by atoms with Crippen molar-refractivity contribution in [3.63, 3.8) is 0 Å². The van der Waals surface area contributed by atoms with Crippen LogP contribution in [0.1, 0.15) is 22.3 Å². The molecule has 0 heterocycles. The number of alkyl halides is 1. The van der Waals surface area contributed by atoms with Gasteiger partial charge in [0.1, 0.15) is 0 Å².